The maximum atomic E-state index is 13.9. The predicted molar refractivity (Wildman–Crippen MR) is 104 cm³/mol. The van der Waals surface area contributed by atoms with Gasteiger partial charge in [-0.1, -0.05) is 44.0 Å². The van der Waals surface area contributed by atoms with Gasteiger partial charge in [-0.3, -0.25) is 9.59 Å². The normalized spacial score (nSPS) is 25.1. The average Bonchev–Trinajstić information content (AvgIpc) is 2.98. The Morgan fingerprint density at radius 3 is 2.59 bits per heavy atom. The van der Waals surface area contributed by atoms with Gasteiger partial charge in [-0.05, 0) is 24.6 Å². The second-order valence-electron chi connectivity index (χ2n) is 7.32. The zero-order valence-corrected chi connectivity index (χ0v) is 16.4. The molecule has 1 fully saturated rings. The van der Waals surface area contributed by atoms with Crippen LogP contribution in [0.25, 0.3) is 0 Å². The smallest absolute Gasteiger partial charge is 0.338 e. The van der Waals surface area contributed by atoms with Crippen molar-refractivity contribution in [3.8, 4) is 0 Å². The van der Waals surface area contributed by atoms with Crippen LogP contribution >= 0.6 is 0 Å². The number of halogens is 1. The van der Waals surface area contributed by atoms with Crippen molar-refractivity contribution in [2.75, 3.05) is 0 Å². The number of aliphatic carboxylic acids is 1. The summed E-state index contributed by atoms with van der Waals surface area (Å²) in [7, 11) is 0. The molecule has 0 aromatic heterocycles. The lowest BCUT2D eigenvalue weighted by atomic mass is 9.89. The molecule has 0 saturated heterocycles. The van der Waals surface area contributed by atoms with Crippen molar-refractivity contribution in [2.24, 2.45) is 11.8 Å². The Morgan fingerprint density at radius 2 is 1.97 bits per heavy atom. The van der Waals surface area contributed by atoms with Crippen molar-refractivity contribution in [3.63, 3.8) is 0 Å². The summed E-state index contributed by atoms with van der Waals surface area (Å²) in [5.41, 5.74) is 0.325. The monoisotopic (exact) mass is 406 g/mol. The number of aliphatic hydroxyl groups excluding tert-OH is 1. The Kier molecular flexibility index (Phi) is 8.51. The second kappa shape index (κ2) is 10.9. The van der Waals surface area contributed by atoms with E-state index >= 15 is 0 Å². The first kappa shape index (κ1) is 22.7. The fourth-order valence-corrected chi connectivity index (χ4v) is 3.58. The molecule has 1 aromatic rings. The third kappa shape index (κ3) is 6.49. The van der Waals surface area contributed by atoms with E-state index in [1.54, 1.807) is 30.3 Å². The number of carboxylic acids is 1. The topological polar surface area (TPSA) is 101 Å². The Labute approximate surface area is 169 Å². The van der Waals surface area contributed by atoms with Gasteiger partial charge >= 0.3 is 11.9 Å². The second-order valence-corrected chi connectivity index (χ2v) is 7.32. The molecule has 2 N–H and O–H groups in total. The molecule has 7 heteroatoms. The van der Waals surface area contributed by atoms with E-state index in [9.17, 15) is 23.9 Å². The van der Waals surface area contributed by atoms with Gasteiger partial charge in [0.1, 0.15) is 6.10 Å². The summed E-state index contributed by atoms with van der Waals surface area (Å²) in [5, 5.41) is 19.5. The van der Waals surface area contributed by atoms with E-state index in [2.05, 4.69) is 0 Å². The lowest BCUT2D eigenvalue weighted by Crippen LogP contribution is -2.26. The first-order chi connectivity index (χ1) is 13.8. The predicted octanol–water partition coefficient (Wildman–Crippen LogP) is 3.34. The third-order valence-corrected chi connectivity index (χ3v) is 5.17. The summed E-state index contributed by atoms with van der Waals surface area (Å²) in [6.07, 6.45) is 0.207. The molecule has 0 spiro atoms. The summed E-state index contributed by atoms with van der Waals surface area (Å²) in [5.74, 6) is -3.85. The molecule has 0 aliphatic heterocycles. The van der Waals surface area contributed by atoms with Gasteiger partial charge in [0.05, 0.1) is 18.1 Å². The van der Waals surface area contributed by atoms with Gasteiger partial charge in [-0.25, -0.2) is 9.18 Å². The largest absolute Gasteiger partial charge is 0.481 e. The van der Waals surface area contributed by atoms with Gasteiger partial charge in [0.25, 0.3) is 0 Å². The van der Waals surface area contributed by atoms with E-state index in [1.165, 1.54) is 6.08 Å². The zero-order valence-electron chi connectivity index (χ0n) is 16.4. The van der Waals surface area contributed by atoms with Gasteiger partial charge in [0.2, 0.25) is 0 Å². The molecule has 6 nitrogen and oxygen atoms in total. The quantitative estimate of drug-likeness (QED) is 0.457. The number of esters is 1. The van der Waals surface area contributed by atoms with E-state index < -0.39 is 47.9 Å². The maximum Gasteiger partial charge on any atom is 0.338 e. The molecule has 1 aliphatic carbocycles. The van der Waals surface area contributed by atoms with Gasteiger partial charge in [0.15, 0.2) is 12.0 Å². The molecule has 0 heterocycles. The Hall–Kier alpha value is -2.54. The maximum absolute atomic E-state index is 13.9. The number of aliphatic hydroxyl groups is 1. The molecule has 5 atom stereocenters. The number of carbonyl (C=O) groups excluding carboxylic acids is 2. The summed E-state index contributed by atoms with van der Waals surface area (Å²) in [4.78, 5) is 35.6. The molecule has 1 aromatic carbocycles. The highest BCUT2D eigenvalue weighted by molar-refractivity contribution is 5.93. The van der Waals surface area contributed by atoms with E-state index in [0.29, 0.717) is 12.0 Å². The highest BCUT2D eigenvalue weighted by Crippen LogP contribution is 2.38. The fourth-order valence-electron chi connectivity index (χ4n) is 3.58. The number of benzene rings is 1. The van der Waals surface area contributed by atoms with Gasteiger partial charge < -0.3 is 14.9 Å². The minimum absolute atomic E-state index is 0.0502. The highest BCUT2D eigenvalue weighted by Gasteiger charge is 2.44. The highest BCUT2D eigenvalue weighted by atomic mass is 19.1. The molecule has 1 unspecified atom stereocenters. The molecular weight excluding hydrogens is 379 g/mol. The lowest BCUT2D eigenvalue weighted by molar-refractivity contribution is -0.139. The SMILES string of the molecule is CCCCC(F)C(=O)C=C[C@H]1[C@H](CC(=O)O)[C@H](O)C[C@@H]1OC(=O)c1ccccc1. The van der Waals surface area contributed by atoms with E-state index in [1.807, 2.05) is 6.92 Å². The number of hydrogen-bond donors (Lipinski definition) is 2. The first-order valence-corrected chi connectivity index (χ1v) is 9.85. The van der Waals surface area contributed by atoms with Crippen LogP contribution in [0.3, 0.4) is 0 Å². The van der Waals surface area contributed by atoms with Crippen molar-refractivity contribution in [1.29, 1.82) is 0 Å². The van der Waals surface area contributed by atoms with Crippen molar-refractivity contribution >= 4 is 17.7 Å². The van der Waals surface area contributed by atoms with Crippen LogP contribution in [0.2, 0.25) is 0 Å². The summed E-state index contributed by atoms with van der Waals surface area (Å²) in [6, 6.07) is 8.28. The Morgan fingerprint density at radius 1 is 1.28 bits per heavy atom. The Balaban J connectivity index is 2.15. The van der Waals surface area contributed by atoms with Gasteiger partial charge in [-0.15, -0.1) is 0 Å². The molecular formula is C22H27FO6. The molecule has 29 heavy (non-hydrogen) atoms. The molecule has 1 saturated carbocycles. The molecule has 2 rings (SSSR count). The molecule has 0 bridgehead atoms. The number of alkyl halides is 1. The molecule has 0 amide bonds. The van der Waals surface area contributed by atoms with Crippen LogP contribution in [-0.2, 0) is 14.3 Å². The number of ether oxygens (including phenoxy) is 1. The summed E-state index contributed by atoms with van der Waals surface area (Å²) in [6.45, 7) is 1.90. The number of unbranched alkanes of at least 4 members (excludes halogenated alkanes) is 1. The standard InChI is InChI=1S/C22H27FO6/c1-2-3-9-17(23)18(24)11-10-15-16(12-21(26)27)19(25)13-20(15)29-22(28)14-7-5-4-6-8-14/h4-8,10-11,15-17,19-20,25H,2-3,9,12-13H2,1H3,(H,26,27)/t15-,16-,17?,19+,20-/m0/s1. The van der Waals surface area contributed by atoms with Crippen LogP contribution in [0, 0.1) is 11.8 Å². The first-order valence-electron chi connectivity index (χ1n) is 9.85. The number of ketones is 1. The van der Waals surface area contributed by atoms with Crippen molar-refractivity contribution in [1.82, 2.24) is 0 Å². The van der Waals surface area contributed by atoms with Crippen LogP contribution in [0.1, 0.15) is 49.4 Å². The molecule has 158 valence electrons. The minimum atomic E-state index is -1.62. The lowest BCUT2D eigenvalue weighted by Gasteiger charge is -2.21. The number of carbonyl (C=O) groups is 3. The van der Waals surface area contributed by atoms with Crippen LogP contribution in [0.4, 0.5) is 4.39 Å². The number of hydrogen-bond acceptors (Lipinski definition) is 5. The minimum Gasteiger partial charge on any atom is -0.481 e. The van der Waals surface area contributed by atoms with E-state index in [4.69, 9.17) is 9.84 Å². The van der Waals surface area contributed by atoms with Crippen LogP contribution in [-0.4, -0.2) is 46.3 Å². The fraction of sp³-hybridized carbons (Fsp3) is 0.500. The summed E-state index contributed by atoms with van der Waals surface area (Å²) < 4.78 is 19.4. The number of rotatable bonds is 10. The summed E-state index contributed by atoms with van der Waals surface area (Å²) >= 11 is 0. The van der Waals surface area contributed by atoms with E-state index in [0.717, 1.165) is 12.5 Å². The molecule has 1 aliphatic rings. The number of carboxylic acid groups (broad SMARTS) is 1. The zero-order chi connectivity index (χ0) is 21.4. The van der Waals surface area contributed by atoms with Crippen molar-refractivity contribution < 1.29 is 33.7 Å². The number of allylic oxidation sites excluding steroid dienone is 1. The van der Waals surface area contributed by atoms with Crippen LogP contribution in [0.5, 0.6) is 0 Å². The molecule has 0 radical (unpaired) electrons. The van der Waals surface area contributed by atoms with E-state index in [-0.39, 0.29) is 19.3 Å². The van der Waals surface area contributed by atoms with Crippen molar-refractivity contribution in [3.05, 3.63) is 48.0 Å². The van der Waals surface area contributed by atoms with Crippen molar-refractivity contribution in [2.45, 2.75) is 57.4 Å². The van der Waals surface area contributed by atoms with Crippen LogP contribution < -0.4 is 0 Å². The third-order valence-electron chi connectivity index (χ3n) is 5.17. The van der Waals surface area contributed by atoms with Crippen LogP contribution in [0.15, 0.2) is 42.5 Å². The van der Waals surface area contributed by atoms with Gasteiger partial charge in [0, 0.05) is 18.3 Å². The Bertz CT molecular complexity index is 732. The average molecular weight is 406 g/mol. The van der Waals surface area contributed by atoms with Gasteiger partial charge in [-0.2, -0.15) is 0 Å².